The molecule has 0 spiro atoms. The third kappa shape index (κ3) is 4.39. The van der Waals surface area contributed by atoms with Crippen molar-refractivity contribution in [2.24, 2.45) is 0 Å². The third-order valence-electron chi connectivity index (χ3n) is 2.28. The number of aliphatic hydroxyl groups excluding tert-OH is 1. The van der Waals surface area contributed by atoms with Crippen molar-refractivity contribution in [3.05, 3.63) is 21.9 Å². The zero-order chi connectivity index (χ0) is 14.4. The lowest BCUT2D eigenvalue weighted by molar-refractivity contribution is -0.130. The van der Waals surface area contributed by atoms with E-state index in [1.54, 1.807) is 33.2 Å². The number of amides is 2. The number of hydrogen-bond donors (Lipinski definition) is 2. The molecule has 102 valence electrons. The molecule has 0 radical (unpaired) electrons. The molecule has 0 fully saturated rings. The molecule has 0 aliphatic rings. The molecule has 2 amide bonds. The van der Waals surface area contributed by atoms with Gasteiger partial charge in [-0.15, -0.1) is 11.3 Å². The number of aliphatic hydroxyl groups is 1. The predicted molar refractivity (Wildman–Crippen MR) is 73.9 cm³/mol. The van der Waals surface area contributed by atoms with Gasteiger partial charge in [0.25, 0.3) is 5.91 Å². The average molecular weight is 280 g/mol. The van der Waals surface area contributed by atoms with E-state index in [0.29, 0.717) is 9.75 Å². The Labute approximate surface area is 116 Å². The molecule has 2 N–H and O–H groups in total. The molecule has 0 saturated heterocycles. The summed E-state index contributed by atoms with van der Waals surface area (Å²) in [6.45, 7) is 1.42. The number of rotatable bonds is 3. The summed E-state index contributed by atoms with van der Waals surface area (Å²) in [5.74, 6) is 4.78. The van der Waals surface area contributed by atoms with Crippen LogP contribution >= 0.6 is 11.3 Å². The number of hydrogen-bond acceptors (Lipinski definition) is 4. The van der Waals surface area contributed by atoms with Crippen LogP contribution in [0.15, 0.2) is 12.1 Å². The van der Waals surface area contributed by atoms with Gasteiger partial charge in [-0.25, -0.2) is 0 Å². The van der Waals surface area contributed by atoms with Gasteiger partial charge in [0.1, 0.15) is 12.6 Å². The first-order valence-corrected chi connectivity index (χ1v) is 6.49. The minimum atomic E-state index is -0.573. The first-order chi connectivity index (χ1) is 8.95. The van der Waals surface area contributed by atoms with E-state index in [-0.39, 0.29) is 18.4 Å². The lowest BCUT2D eigenvalue weighted by Gasteiger charge is -2.17. The summed E-state index contributed by atoms with van der Waals surface area (Å²) < 4.78 is 0. The summed E-state index contributed by atoms with van der Waals surface area (Å²) in [5.41, 5.74) is 0. The van der Waals surface area contributed by atoms with E-state index >= 15 is 0 Å². The van der Waals surface area contributed by atoms with E-state index in [1.807, 2.05) is 0 Å². The molecular formula is C13H16N2O3S. The molecule has 1 heterocycles. The standard InChI is InChI=1S/C13H16N2O3S/c1-9(13(18)15(2)3)14-12(17)11-7-6-10(19-11)5-4-8-16/h6-7,9,16H,8H2,1-3H3,(H,14,17). The maximum absolute atomic E-state index is 11.9. The topological polar surface area (TPSA) is 69.6 Å². The Hall–Kier alpha value is -1.84. The van der Waals surface area contributed by atoms with Gasteiger partial charge >= 0.3 is 0 Å². The van der Waals surface area contributed by atoms with Gasteiger partial charge in [-0.2, -0.15) is 0 Å². The summed E-state index contributed by atoms with van der Waals surface area (Å²) in [5, 5.41) is 11.2. The van der Waals surface area contributed by atoms with Crippen molar-refractivity contribution in [2.75, 3.05) is 20.7 Å². The largest absolute Gasteiger partial charge is 0.384 e. The Morgan fingerprint density at radius 1 is 1.47 bits per heavy atom. The van der Waals surface area contributed by atoms with E-state index in [0.717, 1.165) is 0 Å². The molecule has 0 saturated carbocycles. The van der Waals surface area contributed by atoms with Crippen LogP contribution in [0.2, 0.25) is 0 Å². The fourth-order valence-corrected chi connectivity index (χ4v) is 2.15. The van der Waals surface area contributed by atoms with Crippen molar-refractivity contribution < 1.29 is 14.7 Å². The number of likely N-dealkylation sites (N-methyl/N-ethyl adjacent to an activating group) is 1. The van der Waals surface area contributed by atoms with Crippen LogP contribution in [0.1, 0.15) is 21.5 Å². The smallest absolute Gasteiger partial charge is 0.262 e. The number of carbonyl (C=O) groups excluding carboxylic acids is 2. The molecule has 1 aromatic heterocycles. The molecule has 1 unspecified atom stereocenters. The Bertz CT molecular complexity index is 525. The van der Waals surface area contributed by atoms with Gasteiger partial charge in [0.05, 0.1) is 9.75 Å². The van der Waals surface area contributed by atoms with Gasteiger partial charge in [-0.05, 0) is 19.1 Å². The van der Waals surface area contributed by atoms with Crippen LogP contribution in [0.25, 0.3) is 0 Å². The molecule has 0 bridgehead atoms. The molecular weight excluding hydrogens is 264 g/mol. The summed E-state index contributed by atoms with van der Waals surface area (Å²) >= 11 is 1.22. The highest BCUT2D eigenvalue weighted by atomic mass is 32.1. The summed E-state index contributed by atoms with van der Waals surface area (Å²) in [6, 6.07) is 2.78. The van der Waals surface area contributed by atoms with Crippen molar-refractivity contribution in [3.63, 3.8) is 0 Å². The highest BCUT2D eigenvalue weighted by molar-refractivity contribution is 7.14. The van der Waals surface area contributed by atoms with Gasteiger partial charge in [0.2, 0.25) is 5.91 Å². The van der Waals surface area contributed by atoms with Crippen molar-refractivity contribution >= 4 is 23.2 Å². The van der Waals surface area contributed by atoms with Crippen molar-refractivity contribution in [2.45, 2.75) is 13.0 Å². The second-order valence-electron chi connectivity index (χ2n) is 4.05. The highest BCUT2D eigenvalue weighted by Gasteiger charge is 2.18. The summed E-state index contributed by atoms with van der Waals surface area (Å²) in [7, 11) is 3.28. The van der Waals surface area contributed by atoms with E-state index in [9.17, 15) is 9.59 Å². The van der Waals surface area contributed by atoms with Gasteiger partial charge in [0, 0.05) is 14.1 Å². The number of nitrogens with zero attached hydrogens (tertiary/aromatic N) is 1. The molecule has 19 heavy (non-hydrogen) atoms. The molecule has 0 aliphatic heterocycles. The second-order valence-corrected chi connectivity index (χ2v) is 5.14. The fraction of sp³-hybridized carbons (Fsp3) is 0.385. The average Bonchev–Trinajstić information content (AvgIpc) is 2.83. The minimum Gasteiger partial charge on any atom is -0.384 e. The normalized spacial score (nSPS) is 11.2. The van der Waals surface area contributed by atoms with E-state index in [1.165, 1.54) is 16.2 Å². The van der Waals surface area contributed by atoms with Crippen molar-refractivity contribution in [1.82, 2.24) is 10.2 Å². The maximum atomic E-state index is 11.9. The van der Waals surface area contributed by atoms with Crippen LogP contribution in [-0.4, -0.2) is 48.6 Å². The van der Waals surface area contributed by atoms with Crippen molar-refractivity contribution in [3.8, 4) is 11.8 Å². The quantitative estimate of drug-likeness (QED) is 0.782. The molecule has 0 aliphatic carbocycles. The van der Waals surface area contributed by atoms with Crippen molar-refractivity contribution in [1.29, 1.82) is 0 Å². The third-order valence-corrected chi connectivity index (χ3v) is 3.28. The van der Waals surface area contributed by atoms with E-state index in [2.05, 4.69) is 17.2 Å². The van der Waals surface area contributed by atoms with Crippen LogP contribution in [0.4, 0.5) is 0 Å². The predicted octanol–water partition coefficient (Wildman–Crippen LogP) is 0.298. The number of thiophene rings is 1. The van der Waals surface area contributed by atoms with E-state index < -0.39 is 6.04 Å². The lowest BCUT2D eigenvalue weighted by Crippen LogP contribution is -2.44. The maximum Gasteiger partial charge on any atom is 0.262 e. The Morgan fingerprint density at radius 3 is 2.74 bits per heavy atom. The lowest BCUT2D eigenvalue weighted by atomic mass is 10.3. The van der Waals surface area contributed by atoms with Gasteiger partial charge in [-0.1, -0.05) is 11.8 Å². The van der Waals surface area contributed by atoms with Crippen LogP contribution in [0.3, 0.4) is 0 Å². The molecule has 0 aromatic carbocycles. The number of carbonyl (C=O) groups is 2. The van der Waals surface area contributed by atoms with Gasteiger partial charge in [-0.3, -0.25) is 9.59 Å². The van der Waals surface area contributed by atoms with E-state index in [4.69, 9.17) is 5.11 Å². The SMILES string of the molecule is CC(NC(=O)c1ccc(C#CCO)s1)C(=O)N(C)C. The van der Waals surface area contributed by atoms with Crippen LogP contribution in [0.5, 0.6) is 0 Å². The summed E-state index contributed by atoms with van der Waals surface area (Å²) in [4.78, 5) is 26.1. The molecule has 1 rings (SSSR count). The molecule has 1 atom stereocenters. The molecule has 5 nitrogen and oxygen atoms in total. The van der Waals surface area contributed by atoms with Crippen LogP contribution in [-0.2, 0) is 4.79 Å². The van der Waals surface area contributed by atoms with Crippen LogP contribution in [0, 0.1) is 11.8 Å². The Balaban J connectivity index is 2.68. The minimum absolute atomic E-state index is 0.162. The first-order valence-electron chi connectivity index (χ1n) is 5.67. The van der Waals surface area contributed by atoms with Gasteiger partial charge < -0.3 is 15.3 Å². The van der Waals surface area contributed by atoms with Crippen LogP contribution < -0.4 is 5.32 Å². The molecule has 6 heteroatoms. The monoisotopic (exact) mass is 280 g/mol. The zero-order valence-corrected chi connectivity index (χ0v) is 11.9. The Morgan fingerprint density at radius 2 is 2.16 bits per heavy atom. The second kappa shape index (κ2) is 6.92. The molecule has 1 aromatic rings. The highest BCUT2D eigenvalue weighted by Crippen LogP contribution is 2.15. The fourth-order valence-electron chi connectivity index (χ4n) is 1.37. The van der Waals surface area contributed by atoms with Gasteiger partial charge in [0.15, 0.2) is 0 Å². The summed E-state index contributed by atoms with van der Waals surface area (Å²) in [6.07, 6.45) is 0. The Kier molecular flexibility index (Phi) is 5.55. The number of nitrogens with one attached hydrogen (secondary N) is 1. The first kappa shape index (κ1) is 15.2. The zero-order valence-electron chi connectivity index (χ0n) is 11.1.